The molecule has 1 fully saturated rings. The molecule has 1 amide bonds. The molecule has 0 unspecified atom stereocenters. The van der Waals surface area contributed by atoms with Crippen LogP contribution in [0.25, 0.3) is 0 Å². The van der Waals surface area contributed by atoms with Crippen LogP contribution in [0.3, 0.4) is 0 Å². The van der Waals surface area contributed by atoms with Crippen LogP contribution in [-0.4, -0.2) is 18.3 Å². The molecule has 0 aromatic heterocycles. The monoisotopic (exact) mass is 367 g/mol. The summed E-state index contributed by atoms with van der Waals surface area (Å²) in [4.78, 5) is 13.9. The van der Waals surface area contributed by atoms with E-state index in [2.05, 4.69) is 0 Å². The quantitative estimate of drug-likeness (QED) is 0.771. The van der Waals surface area contributed by atoms with Gasteiger partial charge in [0, 0.05) is 11.3 Å². The smallest absolute Gasteiger partial charge is 0.416 e. The zero-order valence-electron chi connectivity index (χ0n) is 13.4. The number of ether oxygens (including phenoxy) is 1. The highest BCUT2D eigenvalue weighted by atomic mass is 32.2. The molecule has 132 valence electrons. The standard InChI is InChI=1S/C18H16F3NO2S/c1-2-24-15-6-4-3-5-14(15)17-22(16(23)11-25-17)13-9-7-12(8-10-13)18(19,20)21/h3-10,17H,2,11H2,1H3/t17-/m0/s1. The number of hydrogen-bond donors (Lipinski definition) is 0. The topological polar surface area (TPSA) is 29.5 Å². The fraction of sp³-hybridized carbons (Fsp3) is 0.278. The molecule has 1 aliphatic rings. The third kappa shape index (κ3) is 3.61. The van der Waals surface area contributed by atoms with Gasteiger partial charge in [0.2, 0.25) is 5.91 Å². The molecule has 0 radical (unpaired) electrons. The van der Waals surface area contributed by atoms with Crippen molar-refractivity contribution in [3.05, 3.63) is 59.7 Å². The second-order valence-electron chi connectivity index (χ2n) is 5.44. The number of hydrogen-bond acceptors (Lipinski definition) is 3. The summed E-state index contributed by atoms with van der Waals surface area (Å²) in [6, 6.07) is 12.1. The third-order valence-electron chi connectivity index (χ3n) is 3.83. The summed E-state index contributed by atoms with van der Waals surface area (Å²) in [7, 11) is 0. The largest absolute Gasteiger partial charge is 0.493 e. The minimum absolute atomic E-state index is 0.138. The first-order valence-corrected chi connectivity index (χ1v) is 8.79. The number of rotatable bonds is 4. The van der Waals surface area contributed by atoms with Crippen LogP contribution in [0.2, 0.25) is 0 Å². The van der Waals surface area contributed by atoms with Gasteiger partial charge in [-0.2, -0.15) is 13.2 Å². The number of halogens is 3. The second kappa shape index (κ2) is 7.00. The van der Waals surface area contributed by atoms with Crippen molar-refractivity contribution in [1.82, 2.24) is 0 Å². The van der Waals surface area contributed by atoms with E-state index in [4.69, 9.17) is 4.74 Å². The van der Waals surface area contributed by atoms with E-state index in [-0.39, 0.29) is 17.0 Å². The zero-order chi connectivity index (χ0) is 18.0. The van der Waals surface area contributed by atoms with Gasteiger partial charge in [0.05, 0.1) is 17.9 Å². The van der Waals surface area contributed by atoms with Gasteiger partial charge >= 0.3 is 6.18 Å². The van der Waals surface area contributed by atoms with Gasteiger partial charge in [0.25, 0.3) is 0 Å². The highest BCUT2D eigenvalue weighted by Gasteiger charge is 2.36. The summed E-state index contributed by atoms with van der Waals surface area (Å²) in [5.74, 6) is 0.807. The molecule has 1 saturated heterocycles. The first-order chi connectivity index (χ1) is 11.9. The highest BCUT2D eigenvalue weighted by molar-refractivity contribution is 8.00. The summed E-state index contributed by atoms with van der Waals surface area (Å²) in [6.45, 7) is 2.36. The number of amides is 1. The van der Waals surface area contributed by atoms with Gasteiger partial charge in [0.1, 0.15) is 11.1 Å². The number of thioether (sulfide) groups is 1. The number of alkyl halides is 3. The average Bonchev–Trinajstić information content (AvgIpc) is 2.96. The summed E-state index contributed by atoms with van der Waals surface area (Å²) >= 11 is 1.43. The minimum atomic E-state index is -4.40. The Morgan fingerprint density at radius 2 is 1.84 bits per heavy atom. The van der Waals surface area contributed by atoms with Crippen molar-refractivity contribution in [3.8, 4) is 5.75 Å². The van der Waals surface area contributed by atoms with Crippen LogP contribution in [0, 0.1) is 0 Å². The van der Waals surface area contributed by atoms with Gasteiger partial charge in [-0.3, -0.25) is 9.69 Å². The fourth-order valence-corrected chi connectivity index (χ4v) is 3.92. The number of benzene rings is 2. The Labute approximate surface area is 147 Å². The summed E-state index contributed by atoms with van der Waals surface area (Å²) in [5.41, 5.74) is 0.543. The van der Waals surface area contributed by atoms with Gasteiger partial charge < -0.3 is 4.74 Å². The van der Waals surface area contributed by atoms with Gasteiger partial charge in [-0.25, -0.2) is 0 Å². The van der Waals surface area contributed by atoms with Crippen LogP contribution in [0.15, 0.2) is 48.5 Å². The lowest BCUT2D eigenvalue weighted by Crippen LogP contribution is -2.28. The molecule has 7 heteroatoms. The van der Waals surface area contributed by atoms with Crippen LogP contribution in [0.1, 0.15) is 23.4 Å². The van der Waals surface area contributed by atoms with E-state index in [0.717, 1.165) is 17.7 Å². The zero-order valence-corrected chi connectivity index (χ0v) is 14.2. The van der Waals surface area contributed by atoms with Crippen LogP contribution in [0.5, 0.6) is 5.75 Å². The Morgan fingerprint density at radius 3 is 2.48 bits per heavy atom. The van der Waals surface area contributed by atoms with Gasteiger partial charge in [-0.05, 0) is 37.3 Å². The second-order valence-corrected chi connectivity index (χ2v) is 6.51. The Bertz CT molecular complexity index is 762. The molecule has 1 heterocycles. The maximum atomic E-state index is 12.8. The summed E-state index contributed by atoms with van der Waals surface area (Å²) in [5, 5.41) is -0.327. The Hall–Kier alpha value is -2.15. The fourth-order valence-electron chi connectivity index (χ4n) is 2.72. The average molecular weight is 367 g/mol. The van der Waals surface area contributed by atoms with E-state index in [9.17, 15) is 18.0 Å². The number of carbonyl (C=O) groups excluding carboxylic acids is 1. The normalized spacial score (nSPS) is 17.8. The molecule has 0 N–H and O–H groups in total. The molecule has 2 aromatic rings. The van der Waals surface area contributed by atoms with Crippen LogP contribution in [-0.2, 0) is 11.0 Å². The Balaban J connectivity index is 1.96. The number of anilines is 1. The summed E-state index contributed by atoms with van der Waals surface area (Å²) in [6.07, 6.45) is -4.40. The molecule has 1 aliphatic heterocycles. The van der Waals surface area contributed by atoms with Crippen molar-refractivity contribution in [2.24, 2.45) is 0 Å². The molecule has 2 aromatic carbocycles. The molecule has 3 rings (SSSR count). The van der Waals surface area contributed by atoms with Gasteiger partial charge in [-0.15, -0.1) is 11.8 Å². The van der Waals surface area contributed by atoms with Crippen molar-refractivity contribution in [2.45, 2.75) is 18.5 Å². The Morgan fingerprint density at radius 1 is 1.16 bits per heavy atom. The first-order valence-electron chi connectivity index (χ1n) is 7.74. The predicted molar refractivity (Wildman–Crippen MR) is 91.7 cm³/mol. The SMILES string of the molecule is CCOc1ccccc1[C@@H]1SCC(=O)N1c1ccc(C(F)(F)F)cc1. The van der Waals surface area contributed by atoms with E-state index in [1.54, 1.807) is 0 Å². The van der Waals surface area contributed by atoms with E-state index >= 15 is 0 Å². The minimum Gasteiger partial charge on any atom is -0.493 e. The van der Waals surface area contributed by atoms with Crippen molar-refractivity contribution in [3.63, 3.8) is 0 Å². The van der Waals surface area contributed by atoms with E-state index in [1.165, 1.54) is 28.8 Å². The van der Waals surface area contributed by atoms with Crippen LogP contribution in [0.4, 0.5) is 18.9 Å². The maximum Gasteiger partial charge on any atom is 0.416 e. The molecule has 3 nitrogen and oxygen atoms in total. The lowest BCUT2D eigenvalue weighted by Gasteiger charge is -2.26. The first kappa shape index (κ1) is 17.7. The van der Waals surface area contributed by atoms with Crippen LogP contribution >= 0.6 is 11.8 Å². The molecule has 0 spiro atoms. The van der Waals surface area contributed by atoms with E-state index < -0.39 is 11.7 Å². The summed E-state index contributed by atoms with van der Waals surface area (Å²) < 4.78 is 43.9. The molecule has 1 atom stereocenters. The lowest BCUT2D eigenvalue weighted by molar-refractivity contribution is -0.137. The molecule has 0 aliphatic carbocycles. The van der Waals surface area contributed by atoms with E-state index in [0.29, 0.717) is 18.0 Å². The van der Waals surface area contributed by atoms with Gasteiger partial charge in [0.15, 0.2) is 0 Å². The molecule has 0 saturated carbocycles. The van der Waals surface area contributed by atoms with Gasteiger partial charge in [-0.1, -0.05) is 18.2 Å². The van der Waals surface area contributed by atoms with Crippen molar-refractivity contribution < 1.29 is 22.7 Å². The maximum absolute atomic E-state index is 12.8. The number of nitrogens with zero attached hydrogens (tertiary/aromatic N) is 1. The number of para-hydroxylation sites is 1. The Kier molecular flexibility index (Phi) is 4.94. The predicted octanol–water partition coefficient (Wildman–Crippen LogP) is 4.88. The van der Waals surface area contributed by atoms with Crippen molar-refractivity contribution in [1.29, 1.82) is 0 Å². The third-order valence-corrected chi connectivity index (χ3v) is 5.02. The molecule has 0 bridgehead atoms. The molecular weight excluding hydrogens is 351 g/mol. The van der Waals surface area contributed by atoms with Crippen molar-refractivity contribution in [2.75, 3.05) is 17.3 Å². The lowest BCUT2D eigenvalue weighted by atomic mass is 10.1. The molecular formula is C18H16F3NO2S. The van der Waals surface area contributed by atoms with Crippen molar-refractivity contribution >= 4 is 23.4 Å². The highest BCUT2D eigenvalue weighted by Crippen LogP contribution is 2.45. The van der Waals surface area contributed by atoms with E-state index in [1.807, 2.05) is 31.2 Å². The van der Waals surface area contributed by atoms with Crippen LogP contribution < -0.4 is 9.64 Å². The molecule has 25 heavy (non-hydrogen) atoms. The number of carbonyl (C=O) groups is 1.